The van der Waals surface area contributed by atoms with Gasteiger partial charge in [0.05, 0.1) is 38.0 Å². The van der Waals surface area contributed by atoms with Crippen LogP contribution in [0.5, 0.6) is 5.75 Å². The molecule has 0 spiro atoms. The number of nitrogens with zero attached hydrogens (tertiary/aromatic N) is 2. The molecule has 0 bridgehead atoms. The predicted molar refractivity (Wildman–Crippen MR) is 93.8 cm³/mol. The lowest BCUT2D eigenvalue weighted by atomic mass is 10.2. The maximum absolute atomic E-state index is 12.6. The number of benzene rings is 1. The van der Waals surface area contributed by atoms with Crippen molar-refractivity contribution in [1.82, 2.24) is 10.2 Å². The minimum Gasteiger partial charge on any atom is -0.494 e. The minimum atomic E-state index is -0.444. The molecular weight excluding hydrogens is 322 g/mol. The number of ether oxygens (including phenoxy) is 2. The van der Waals surface area contributed by atoms with Gasteiger partial charge in [0.2, 0.25) is 5.91 Å². The van der Waals surface area contributed by atoms with Crippen LogP contribution in [0.25, 0.3) is 0 Å². The van der Waals surface area contributed by atoms with E-state index >= 15 is 0 Å². The Morgan fingerprint density at radius 2 is 1.92 bits per heavy atom. The quantitative estimate of drug-likeness (QED) is 0.730. The third kappa shape index (κ3) is 4.36. The summed E-state index contributed by atoms with van der Waals surface area (Å²) in [6, 6.07) is 6.60. The summed E-state index contributed by atoms with van der Waals surface area (Å²) in [5.41, 5.74) is 0.593. The molecule has 2 aliphatic heterocycles. The van der Waals surface area contributed by atoms with E-state index in [2.05, 4.69) is 10.2 Å². The second-order valence-corrected chi connectivity index (χ2v) is 6.16. The van der Waals surface area contributed by atoms with Crippen LogP contribution < -0.4 is 15.0 Å². The molecule has 1 N–H and O–H groups in total. The SMILES string of the molecule is CCOc1ccc(N2C(=O)C[C@@H](NCCN3CCOCC3)C2=O)cc1. The van der Waals surface area contributed by atoms with Crippen molar-refractivity contribution in [3.8, 4) is 5.75 Å². The number of hydrogen-bond donors (Lipinski definition) is 1. The smallest absolute Gasteiger partial charge is 0.251 e. The van der Waals surface area contributed by atoms with E-state index in [1.807, 2.05) is 6.92 Å². The molecule has 1 aromatic rings. The van der Waals surface area contributed by atoms with Crippen molar-refractivity contribution >= 4 is 17.5 Å². The molecule has 1 atom stereocenters. The van der Waals surface area contributed by atoms with E-state index in [-0.39, 0.29) is 18.2 Å². The highest BCUT2D eigenvalue weighted by Crippen LogP contribution is 2.25. The van der Waals surface area contributed by atoms with Gasteiger partial charge < -0.3 is 14.8 Å². The van der Waals surface area contributed by atoms with E-state index < -0.39 is 6.04 Å². The van der Waals surface area contributed by atoms with Gasteiger partial charge in [-0.3, -0.25) is 14.5 Å². The lowest BCUT2D eigenvalue weighted by molar-refractivity contribution is -0.121. The Hall–Kier alpha value is -1.96. The van der Waals surface area contributed by atoms with Gasteiger partial charge in [0.25, 0.3) is 5.91 Å². The molecule has 0 saturated carbocycles. The topological polar surface area (TPSA) is 71.1 Å². The zero-order valence-corrected chi connectivity index (χ0v) is 14.6. The number of imide groups is 1. The Morgan fingerprint density at radius 3 is 2.60 bits per heavy atom. The average Bonchev–Trinajstić information content (AvgIpc) is 2.91. The number of anilines is 1. The molecule has 7 heteroatoms. The highest BCUT2D eigenvalue weighted by molar-refractivity contribution is 6.22. The lowest BCUT2D eigenvalue weighted by Crippen LogP contribution is -2.44. The summed E-state index contributed by atoms with van der Waals surface area (Å²) in [4.78, 5) is 28.4. The first-order chi connectivity index (χ1) is 12.2. The van der Waals surface area contributed by atoms with Crippen LogP contribution in [0, 0.1) is 0 Å². The van der Waals surface area contributed by atoms with E-state index in [0.717, 1.165) is 38.6 Å². The summed E-state index contributed by atoms with van der Waals surface area (Å²) in [6.07, 6.45) is 0.204. The molecule has 2 heterocycles. The number of carbonyl (C=O) groups excluding carboxylic acids is 2. The van der Waals surface area contributed by atoms with Crippen LogP contribution in [-0.2, 0) is 14.3 Å². The largest absolute Gasteiger partial charge is 0.494 e. The Labute approximate surface area is 147 Å². The fraction of sp³-hybridized carbons (Fsp3) is 0.556. The number of rotatable bonds is 7. The average molecular weight is 347 g/mol. The zero-order chi connectivity index (χ0) is 17.6. The van der Waals surface area contributed by atoms with Gasteiger partial charge in [-0.2, -0.15) is 0 Å². The van der Waals surface area contributed by atoms with Crippen molar-refractivity contribution < 1.29 is 19.1 Å². The van der Waals surface area contributed by atoms with Gasteiger partial charge in [-0.05, 0) is 31.2 Å². The van der Waals surface area contributed by atoms with Gasteiger partial charge in [-0.15, -0.1) is 0 Å². The van der Waals surface area contributed by atoms with E-state index in [4.69, 9.17) is 9.47 Å². The molecule has 2 amide bonds. The van der Waals surface area contributed by atoms with Gasteiger partial charge in [0.15, 0.2) is 0 Å². The maximum Gasteiger partial charge on any atom is 0.251 e. The molecule has 2 fully saturated rings. The van der Waals surface area contributed by atoms with Crippen LogP contribution in [0.1, 0.15) is 13.3 Å². The second-order valence-electron chi connectivity index (χ2n) is 6.16. The van der Waals surface area contributed by atoms with Crippen molar-refractivity contribution in [2.45, 2.75) is 19.4 Å². The van der Waals surface area contributed by atoms with E-state index in [1.54, 1.807) is 24.3 Å². The Kier molecular flexibility index (Phi) is 6.01. The van der Waals surface area contributed by atoms with E-state index in [0.29, 0.717) is 18.8 Å². The molecule has 0 aromatic heterocycles. The van der Waals surface area contributed by atoms with Gasteiger partial charge in [0.1, 0.15) is 5.75 Å². The van der Waals surface area contributed by atoms with Crippen molar-refractivity contribution in [2.75, 3.05) is 50.9 Å². The fourth-order valence-corrected chi connectivity index (χ4v) is 3.14. The summed E-state index contributed by atoms with van der Waals surface area (Å²) in [7, 11) is 0. The Balaban J connectivity index is 1.54. The van der Waals surface area contributed by atoms with Crippen LogP contribution in [0.2, 0.25) is 0 Å². The van der Waals surface area contributed by atoms with Crippen LogP contribution in [-0.4, -0.2) is 68.8 Å². The fourth-order valence-electron chi connectivity index (χ4n) is 3.14. The van der Waals surface area contributed by atoms with Crippen LogP contribution in [0.3, 0.4) is 0 Å². The van der Waals surface area contributed by atoms with Gasteiger partial charge >= 0.3 is 0 Å². The Morgan fingerprint density at radius 1 is 1.20 bits per heavy atom. The Bertz CT molecular complexity index is 599. The highest BCUT2D eigenvalue weighted by atomic mass is 16.5. The molecular formula is C18H25N3O4. The zero-order valence-electron chi connectivity index (χ0n) is 14.6. The number of carbonyl (C=O) groups is 2. The monoisotopic (exact) mass is 347 g/mol. The molecule has 136 valence electrons. The van der Waals surface area contributed by atoms with Crippen molar-refractivity contribution in [1.29, 1.82) is 0 Å². The number of morpholine rings is 1. The molecule has 2 aliphatic rings. The first-order valence-electron chi connectivity index (χ1n) is 8.82. The van der Waals surface area contributed by atoms with Crippen molar-refractivity contribution in [3.05, 3.63) is 24.3 Å². The molecule has 2 saturated heterocycles. The number of amides is 2. The summed E-state index contributed by atoms with van der Waals surface area (Å²) in [5.74, 6) is 0.375. The maximum atomic E-state index is 12.6. The normalized spacial score (nSPS) is 21.8. The summed E-state index contributed by atoms with van der Waals surface area (Å²) in [6.45, 7) is 7.36. The van der Waals surface area contributed by atoms with E-state index in [9.17, 15) is 9.59 Å². The van der Waals surface area contributed by atoms with Crippen LogP contribution >= 0.6 is 0 Å². The molecule has 0 aliphatic carbocycles. The molecule has 7 nitrogen and oxygen atoms in total. The third-order valence-corrected chi connectivity index (χ3v) is 4.48. The summed E-state index contributed by atoms with van der Waals surface area (Å²) >= 11 is 0. The van der Waals surface area contributed by atoms with Gasteiger partial charge in [0, 0.05) is 26.2 Å². The first kappa shape index (κ1) is 17.8. The standard InChI is InChI=1S/C18H25N3O4/c1-2-25-15-5-3-14(4-6-15)21-17(22)13-16(18(21)23)19-7-8-20-9-11-24-12-10-20/h3-6,16,19H,2,7-13H2,1H3/t16-/m1/s1. The highest BCUT2D eigenvalue weighted by Gasteiger charge is 2.39. The first-order valence-corrected chi connectivity index (χ1v) is 8.82. The van der Waals surface area contributed by atoms with Crippen LogP contribution in [0.4, 0.5) is 5.69 Å². The minimum absolute atomic E-state index is 0.168. The molecule has 25 heavy (non-hydrogen) atoms. The van der Waals surface area contributed by atoms with Gasteiger partial charge in [-0.25, -0.2) is 4.90 Å². The van der Waals surface area contributed by atoms with Crippen molar-refractivity contribution in [3.63, 3.8) is 0 Å². The molecule has 0 unspecified atom stereocenters. The number of nitrogens with one attached hydrogen (secondary N) is 1. The summed E-state index contributed by atoms with van der Waals surface area (Å²) < 4.78 is 10.7. The molecule has 3 rings (SSSR count). The third-order valence-electron chi connectivity index (χ3n) is 4.48. The van der Waals surface area contributed by atoms with Gasteiger partial charge in [-0.1, -0.05) is 0 Å². The van der Waals surface area contributed by atoms with Crippen molar-refractivity contribution in [2.24, 2.45) is 0 Å². The van der Waals surface area contributed by atoms with E-state index in [1.165, 1.54) is 4.90 Å². The molecule has 1 aromatic carbocycles. The van der Waals surface area contributed by atoms with Crippen LogP contribution in [0.15, 0.2) is 24.3 Å². The second kappa shape index (κ2) is 8.42. The predicted octanol–water partition coefficient (Wildman–Crippen LogP) is 0.639. The number of hydrogen-bond acceptors (Lipinski definition) is 6. The molecule has 0 radical (unpaired) electrons. The lowest BCUT2D eigenvalue weighted by Gasteiger charge is -2.27. The summed E-state index contributed by atoms with van der Waals surface area (Å²) in [5, 5.41) is 3.22.